The second kappa shape index (κ2) is 9.73. The summed E-state index contributed by atoms with van der Waals surface area (Å²) in [7, 11) is 0. The van der Waals surface area contributed by atoms with Crippen LogP contribution in [-0.4, -0.2) is 40.5 Å². The van der Waals surface area contributed by atoms with Crippen molar-refractivity contribution in [1.29, 1.82) is 0 Å². The first-order chi connectivity index (χ1) is 15.9. The van der Waals surface area contributed by atoms with Crippen LogP contribution in [-0.2, 0) is 10.3 Å². The molecule has 33 heavy (non-hydrogen) atoms. The van der Waals surface area contributed by atoms with E-state index < -0.39 is 24.4 Å². The fourth-order valence-corrected chi connectivity index (χ4v) is 4.45. The largest absolute Gasteiger partial charge is 0.438 e. The van der Waals surface area contributed by atoms with Crippen LogP contribution in [0.2, 0.25) is 0 Å². The molecule has 0 bridgehead atoms. The lowest BCUT2D eigenvalue weighted by Gasteiger charge is -2.44. The van der Waals surface area contributed by atoms with Gasteiger partial charge in [-0.1, -0.05) is 66.7 Å². The highest BCUT2D eigenvalue weighted by molar-refractivity contribution is 5.70. The fourth-order valence-electron chi connectivity index (χ4n) is 4.45. The zero-order valence-corrected chi connectivity index (χ0v) is 18.5. The third kappa shape index (κ3) is 4.92. The van der Waals surface area contributed by atoms with Crippen LogP contribution >= 0.6 is 0 Å². The molecule has 1 aliphatic rings. The van der Waals surface area contributed by atoms with Crippen molar-refractivity contribution in [2.24, 2.45) is 0 Å². The number of hydrogen-bond acceptors (Lipinski definition) is 4. The van der Waals surface area contributed by atoms with Gasteiger partial charge in [0.15, 0.2) is 0 Å². The van der Waals surface area contributed by atoms with Gasteiger partial charge >= 0.3 is 6.09 Å². The van der Waals surface area contributed by atoms with E-state index in [-0.39, 0.29) is 18.3 Å². The number of aliphatic hydroxyl groups excluding tert-OH is 2. The Morgan fingerprint density at radius 2 is 1.61 bits per heavy atom. The second-order valence-corrected chi connectivity index (χ2v) is 8.52. The topological polar surface area (TPSA) is 70.0 Å². The number of hydrogen-bond donors (Lipinski definition) is 2. The van der Waals surface area contributed by atoms with E-state index in [1.807, 2.05) is 61.5 Å². The third-order valence-electron chi connectivity index (χ3n) is 6.39. The Labute approximate surface area is 193 Å². The van der Waals surface area contributed by atoms with Crippen LogP contribution in [0.15, 0.2) is 78.9 Å². The molecule has 172 valence electrons. The predicted molar refractivity (Wildman–Crippen MR) is 124 cm³/mol. The van der Waals surface area contributed by atoms with E-state index in [0.29, 0.717) is 13.0 Å². The number of benzene rings is 3. The van der Waals surface area contributed by atoms with Crippen LogP contribution in [0.4, 0.5) is 9.18 Å². The zero-order valence-electron chi connectivity index (χ0n) is 18.5. The lowest BCUT2D eigenvalue weighted by Crippen LogP contribution is -2.50. The van der Waals surface area contributed by atoms with Crippen molar-refractivity contribution in [1.82, 2.24) is 4.90 Å². The van der Waals surface area contributed by atoms with Crippen molar-refractivity contribution in [2.75, 3.05) is 13.2 Å². The molecular weight excluding hydrogens is 421 g/mol. The minimum Gasteiger partial charge on any atom is -0.438 e. The summed E-state index contributed by atoms with van der Waals surface area (Å²) in [6, 6.07) is 23.4. The van der Waals surface area contributed by atoms with Crippen molar-refractivity contribution in [3.63, 3.8) is 0 Å². The highest BCUT2D eigenvalue weighted by Crippen LogP contribution is 2.40. The number of aliphatic hydroxyl groups is 2. The van der Waals surface area contributed by atoms with Crippen LogP contribution in [0.5, 0.6) is 0 Å². The molecule has 3 unspecified atom stereocenters. The fraction of sp³-hybridized carbons (Fsp3) is 0.296. The maximum Gasteiger partial charge on any atom is 0.411 e. The number of cyclic esters (lactones) is 1. The van der Waals surface area contributed by atoms with E-state index in [2.05, 4.69) is 0 Å². The molecule has 0 saturated carbocycles. The third-order valence-corrected chi connectivity index (χ3v) is 6.39. The van der Waals surface area contributed by atoms with Gasteiger partial charge in [-0.05, 0) is 41.3 Å². The SMILES string of the molecule is CC(c1ccc(-c2ccc(F)cc2)cc1)N1CCC(CC(O)CO)(c2ccccc2)OC1=O. The average Bonchev–Trinajstić information content (AvgIpc) is 2.85. The molecule has 3 atom stereocenters. The monoisotopic (exact) mass is 449 g/mol. The number of carbonyl (C=O) groups is 1. The van der Waals surface area contributed by atoms with E-state index in [9.17, 15) is 19.4 Å². The minimum atomic E-state index is -0.985. The summed E-state index contributed by atoms with van der Waals surface area (Å²) in [5.41, 5.74) is 2.67. The van der Waals surface area contributed by atoms with Gasteiger partial charge in [0.1, 0.15) is 11.4 Å². The molecule has 3 aromatic carbocycles. The molecule has 0 radical (unpaired) electrons. The zero-order chi connectivity index (χ0) is 23.4. The van der Waals surface area contributed by atoms with E-state index in [1.54, 1.807) is 17.0 Å². The standard InChI is InChI=1S/C27H28FNO4/c1-19(20-7-9-21(10-8-20)22-11-13-24(28)14-12-22)29-16-15-27(33-26(29)32,17-25(31)18-30)23-5-3-2-4-6-23/h2-14,19,25,30-31H,15-18H2,1H3. The molecular formula is C27H28FNO4. The smallest absolute Gasteiger partial charge is 0.411 e. The molecule has 3 aromatic rings. The van der Waals surface area contributed by atoms with E-state index >= 15 is 0 Å². The number of halogens is 1. The van der Waals surface area contributed by atoms with Crippen molar-refractivity contribution in [3.05, 3.63) is 95.8 Å². The number of ether oxygens (including phenoxy) is 1. The maximum absolute atomic E-state index is 13.2. The summed E-state index contributed by atoms with van der Waals surface area (Å²) in [6.45, 7) is 2.01. The molecule has 1 fully saturated rings. The Morgan fingerprint density at radius 1 is 1.00 bits per heavy atom. The van der Waals surface area contributed by atoms with Gasteiger partial charge < -0.3 is 19.8 Å². The van der Waals surface area contributed by atoms with Gasteiger partial charge in [-0.3, -0.25) is 0 Å². The molecule has 0 aliphatic carbocycles. The molecule has 1 aliphatic heterocycles. The summed E-state index contributed by atoms with van der Waals surface area (Å²) in [5.74, 6) is -0.273. The predicted octanol–water partition coefficient (Wildman–Crippen LogP) is 5.03. The molecule has 5 nitrogen and oxygen atoms in total. The second-order valence-electron chi connectivity index (χ2n) is 8.52. The summed E-state index contributed by atoms with van der Waals surface area (Å²) in [6.07, 6.45) is -0.808. The lowest BCUT2D eigenvalue weighted by atomic mass is 9.83. The van der Waals surface area contributed by atoms with Crippen molar-refractivity contribution in [2.45, 2.75) is 37.5 Å². The Balaban J connectivity index is 1.51. The van der Waals surface area contributed by atoms with E-state index in [0.717, 1.165) is 22.3 Å². The van der Waals surface area contributed by atoms with Crippen molar-refractivity contribution in [3.8, 4) is 11.1 Å². The minimum absolute atomic E-state index is 0.133. The summed E-state index contributed by atoms with van der Waals surface area (Å²) in [5, 5.41) is 19.5. The first-order valence-electron chi connectivity index (χ1n) is 11.1. The average molecular weight is 450 g/mol. The van der Waals surface area contributed by atoms with Gasteiger partial charge in [-0.15, -0.1) is 0 Å². The molecule has 6 heteroatoms. The van der Waals surface area contributed by atoms with Gasteiger partial charge in [0, 0.05) is 19.4 Å². The molecule has 1 saturated heterocycles. The summed E-state index contributed by atoms with van der Waals surface area (Å²) >= 11 is 0. The number of carbonyl (C=O) groups excluding carboxylic acids is 1. The highest BCUT2D eigenvalue weighted by Gasteiger charge is 2.44. The number of rotatable bonds is 7. The van der Waals surface area contributed by atoms with Crippen LogP contribution < -0.4 is 0 Å². The molecule has 0 spiro atoms. The summed E-state index contributed by atoms with van der Waals surface area (Å²) < 4.78 is 19.2. The molecule has 0 aromatic heterocycles. The van der Waals surface area contributed by atoms with Gasteiger partial charge in [-0.2, -0.15) is 0 Å². The van der Waals surface area contributed by atoms with Crippen LogP contribution in [0.1, 0.15) is 36.9 Å². The Kier molecular flexibility index (Phi) is 6.77. The van der Waals surface area contributed by atoms with Gasteiger partial charge in [-0.25, -0.2) is 9.18 Å². The molecule has 1 amide bonds. The lowest BCUT2D eigenvalue weighted by molar-refractivity contribution is -0.0892. The quantitative estimate of drug-likeness (QED) is 0.531. The van der Waals surface area contributed by atoms with Crippen LogP contribution in [0.25, 0.3) is 11.1 Å². The van der Waals surface area contributed by atoms with Gasteiger partial charge in [0.05, 0.1) is 18.8 Å². The van der Waals surface area contributed by atoms with Crippen LogP contribution in [0.3, 0.4) is 0 Å². The summed E-state index contributed by atoms with van der Waals surface area (Å²) in [4.78, 5) is 14.8. The maximum atomic E-state index is 13.2. The molecule has 4 rings (SSSR count). The molecule has 1 heterocycles. The first kappa shape index (κ1) is 23.0. The first-order valence-corrected chi connectivity index (χ1v) is 11.1. The van der Waals surface area contributed by atoms with Crippen molar-refractivity contribution < 1.29 is 24.1 Å². The number of nitrogens with zero attached hydrogens (tertiary/aromatic N) is 1. The normalized spacial score (nSPS) is 20.2. The van der Waals surface area contributed by atoms with E-state index in [1.165, 1.54) is 12.1 Å². The van der Waals surface area contributed by atoms with Crippen LogP contribution in [0, 0.1) is 5.82 Å². The number of amides is 1. The Hall–Kier alpha value is -3.22. The Bertz CT molecular complexity index is 1070. The van der Waals surface area contributed by atoms with Gasteiger partial charge in [0.2, 0.25) is 0 Å². The van der Waals surface area contributed by atoms with E-state index in [4.69, 9.17) is 4.74 Å². The highest BCUT2D eigenvalue weighted by atomic mass is 19.1. The molecule has 2 N–H and O–H groups in total. The van der Waals surface area contributed by atoms with Gasteiger partial charge in [0.25, 0.3) is 0 Å². The van der Waals surface area contributed by atoms with Crippen molar-refractivity contribution >= 4 is 6.09 Å². The Morgan fingerprint density at radius 3 is 2.18 bits per heavy atom.